The zero-order valence-electron chi connectivity index (χ0n) is 31.6. The lowest BCUT2D eigenvalue weighted by Crippen LogP contribution is -2.58. The number of aliphatic imine (C=N–C) groups is 1. The van der Waals surface area contributed by atoms with Crippen molar-refractivity contribution in [1.29, 1.82) is 0 Å². The largest absolute Gasteiger partial charge is 0.490 e. The highest BCUT2D eigenvalue weighted by molar-refractivity contribution is 5.96. The van der Waals surface area contributed by atoms with Crippen LogP contribution in [0.5, 0.6) is 11.5 Å². The molecule has 0 saturated carbocycles. The highest BCUT2D eigenvalue weighted by Gasteiger charge is 2.32. The molecule has 0 fully saturated rings. The molecule has 11 N–H and O–H groups in total. The van der Waals surface area contributed by atoms with Gasteiger partial charge in [-0.15, -0.1) is 0 Å². The average Bonchev–Trinajstić information content (AvgIpc) is 3.10. The second-order valence-electron chi connectivity index (χ2n) is 13.0. The van der Waals surface area contributed by atoms with Gasteiger partial charge in [0.2, 0.25) is 29.5 Å². The standard InChI is InChI=1S/C37H53FN8O9/c1-5-54-29-14-11-23(18-30(29)55-6-2)19-32(48)43-25(8-7-15-42-37(40)41)33(49)44-26(16-21(3)4)34(50)45-27(20-31(39)47)35(51)46-28(36(52)53)17-22-9-12-24(38)13-10-22/h9-14,18,21,25-28H,5-8,15-17,19-20H2,1-4H3,(H2,39,47)(H,43,48)(H,44,49)(H,45,50)(H,46,51)(H,52,53)(H4,40,41,42)/t25-,26-,27-,28-/m0/s1. The molecule has 0 radical (unpaired) electrons. The molecule has 0 saturated heterocycles. The first-order valence-electron chi connectivity index (χ1n) is 17.9. The van der Waals surface area contributed by atoms with Crippen LogP contribution < -0.4 is 47.9 Å². The summed E-state index contributed by atoms with van der Waals surface area (Å²) < 4.78 is 24.6. The molecular weight excluding hydrogens is 719 g/mol. The van der Waals surface area contributed by atoms with E-state index in [1.54, 1.807) is 32.0 Å². The third-order valence-electron chi connectivity index (χ3n) is 7.92. The van der Waals surface area contributed by atoms with Gasteiger partial charge in [0.1, 0.15) is 30.0 Å². The van der Waals surface area contributed by atoms with E-state index in [1.165, 1.54) is 12.1 Å². The molecule has 0 aliphatic rings. The first-order chi connectivity index (χ1) is 26.0. The van der Waals surface area contributed by atoms with E-state index < -0.39 is 71.9 Å². The number of benzene rings is 2. The molecule has 0 unspecified atom stereocenters. The number of nitrogens with one attached hydrogen (secondary N) is 4. The van der Waals surface area contributed by atoms with Crippen molar-refractivity contribution in [1.82, 2.24) is 21.3 Å². The third kappa shape index (κ3) is 16.7. The molecule has 0 aliphatic heterocycles. The molecule has 4 atom stereocenters. The quantitative estimate of drug-likeness (QED) is 0.0411. The molecule has 2 aromatic carbocycles. The Balaban J connectivity index is 2.27. The molecule has 2 aromatic rings. The van der Waals surface area contributed by atoms with E-state index in [-0.39, 0.29) is 50.5 Å². The predicted molar refractivity (Wildman–Crippen MR) is 201 cm³/mol. The number of carboxylic acid groups (broad SMARTS) is 1. The molecule has 0 bridgehead atoms. The summed E-state index contributed by atoms with van der Waals surface area (Å²) in [6.07, 6.45) is -0.613. The van der Waals surface area contributed by atoms with Gasteiger partial charge in [0.15, 0.2) is 17.5 Å². The van der Waals surface area contributed by atoms with E-state index in [0.717, 1.165) is 12.1 Å². The van der Waals surface area contributed by atoms with Gasteiger partial charge in [-0.25, -0.2) is 9.18 Å². The number of rotatable bonds is 24. The average molecular weight is 773 g/mol. The van der Waals surface area contributed by atoms with Crippen LogP contribution in [-0.2, 0) is 41.6 Å². The van der Waals surface area contributed by atoms with Gasteiger partial charge in [-0.05, 0) is 74.4 Å². The summed E-state index contributed by atoms with van der Waals surface area (Å²) in [5, 5.41) is 19.8. The van der Waals surface area contributed by atoms with Crippen LogP contribution in [0.3, 0.4) is 0 Å². The van der Waals surface area contributed by atoms with Crippen molar-refractivity contribution in [2.45, 2.75) is 90.4 Å². The first-order valence-corrected chi connectivity index (χ1v) is 17.9. The molecule has 2 rings (SSSR count). The Morgan fingerprint density at radius 3 is 1.91 bits per heavy atom. The molecule has 0 aliphatic carbocycles. The molecule has 302 valence electrons. The van der Waals surface area contributed by atoms with Crippen LogP contribution in [0.4, 0.5) is 4.39 Å². The van der Waals surface area contributed by atoms with Crippen LogP contribution in [0, 0.1) is 11.7 Å². The molecular formula is C37H53FN8O9. The zero-order valence-corrected chi connectivity index (χ0v) is 31.6. The van der Waals surface area contributed by atoms with E-state index in [2.05, 4.69) is 26.3 Å². The Kier molecular flexibility index (Phi) is 18.9. The van der Waals surface area contributed by atoms with Gasteiger partial charge >= 0.3 is 5.97 Å². The van der Waals surface area contributed by atoms with E-state index in [9.17, 15) is 38.3 Å². The summed E-state index contributed by atoms with van der Waals surface area (Å²) >= 11 is 0. The van der Waals surface area contributed by atoms with Crippen molar-refractivity contribution in [2.24, 2.45) is 28.1 Å². The summed E-state index contributed by atoms with van der Waals surface area (Å²) in [5.41, 5.74) is 17.2. The van der Waals surface area contributed by atoms with E-state index in [1.807, 2.05) is 13.8 Å². The number of nitrogens with two attached hydrogens (primary N) is 3. The van der Waals surface area contributed by atoms with E-state index in [0.29, 0.717) is 35.8 Å². The molecule has 0 heterocycles. The van der Waals surface area contributed by atoms with Crippen molar-refractivity contribution in [3.8, 4) is 11.5 Å². The SMILES string of the molecule is CCOc1ccc(CC(=O)N[C@@H](CCCN=C(N)N)C(=O)N[C@@H](CC(C)C)C(=O)N[C@@H](CC(N)=O)C(=O)N[C@@H](Cc2ccc(F)cc2)C(=O)O)cc1OCC. The maximum Gasteiger partial charge on any atom is 0.326 e. The minimum absolute atomic E-state index is 0.0753. The van der Waals surface area contributed by atoms with Crippen LogP contribution in [-0.4, -0.2) is 90.5 Å². The number of nitrogens with zero attached hydrogens (tertiary/aromatic N) is 1. The number of carbonyl (C=O) groups is 6. The van der Waals surface area contributed by atoms with Crippen LogP contribution in [0.15, 0.2) is 47.5 Å². The lowest BCUT2D eigenvalue weighted by atomic mass is 10.0. The number of primary amides is 1. The van der Waals surface area contributed by atoms with Crippen LogP contribution in [0.25, 0.3) is 0 Å². The van der Waals surface area contributed by atoms with Gasteiger partial charge in [0.25, 0.3) is 0 Å². The van der Waals surface area contributed by atoms with Crippen molar-refractivity contribution >= 4 is 41.5 Å². The van der Waals surface area contributed by atoms with Crippen molar-refractivity contribution < 1.29 is 47.7 Å². The number of ether oxygens (including phenoxy) is 2. The molecule has 55 heavy (non-hydrogen) atoms. The smallest absolute Gasteiger partial charge is 0.326 e. The number of hydrogen-bond donors (Lipinski definition) is 8. The summed E-state index contributed by atoms with van der Waals surface area (Å²) in [6.45, 7) is 8.15. The Morgan fingerprint density at radius 2 is 1.33 bits per heavy atom. The minimum atomic E-state index is -1.61. The Morgan fingerprint density at radius 1 is 0.764 bits per heavy atom. The monoisotopic (exact) mass is 772 g/mol. The Hall–Kier alpha value is -5.94. The predicted octanol–water partition coefficient (Wildman–Crippen LogP) is 0.407. The number of carbonyl (C=O) groups excluding carboxylic acids is 5. The third-order valence-corrected chi connectivity index (χ3v) is 7.92. The highest BCUT2D eigenvalue weighted by Crippen LogP contribution is 2.28. The Bertz CT molecular complexity index is 1650. The summed E-state index contributed by atoms with van der Waals surface area (Å²) in [4.78, 5) is 81.9. The van der Waals surface area contributed by atoms with E-state index >= 15 is 0 Å². The molecule has 0 spiro atoms. The summed E-state index contributed by atoms with van der Waals surface area (Å²) in [7, 11) is 0. The van der Waals surface area contributed by atoms with Crippen LogP contribution >= 0.6 is 0 Å². The molecule has 17 nitrogen and oxygen atoms in total. The van der Waals surface area contributed by atoms with Crippen LogP contribution in [0.2, 0.25) is 0 Å². The fraction of sp³-hybridized carbons (Fsp3) is 0.486. The number of aliphatic carboxylic acids is 1. The number of guanidine groups is 1. The van der Waals surface area contributed by atoms with Crippen LogP contribution in [0.1, 0.15) is 64.5 Å². The maximum absolute atomic E-state index is 13.8. The zero-order chi connectivity index (χ0) is 41.1. The summed E-state index contributed by atoms with van der Waals surface area (Å²) in [5.74, 6) is -5.39. The fourth-order valence-electron chi connectivity index (χ4n) is 5.40. The highest BCUT2D eigenvalue weighted by atomic mass is 19.1. The lowest BCUT2D eigenvalue weighted by molar-refractivity contribution is -0.142. The maximum atomic E-state index is 13.8. The molecule has 5 amide bonds. The van der Waals surface area contributed by atoms with Gasteiger partial charge in [0.05, 0.1) is 26.1 Å². The van der Waals surface area contributed by atoms with Gasteiger partial charge < -0.3 is 53.0 Å². The molecule has 18 heteroatoms. The molecule has 0 aromatic heterocycles. The number of carboxylic acids is 1. The number of hydrogen-bond acceptors (Lipinski definition) is 9. The second-order valence-corrected chi connectivity index (χ2v) is 13.0. The van der Waals surface area contributed by atoms with Gasteiger partial charge in [-0.2, -0.15) is 0 Å². The first kappa shape index (κ1) is 45.2. The van der Waals surface area contributed by atoms with Gasteiger partial charge in [-0.3, -0.25) is 29.0 Å². The van der Waals surface area contributed by atoms with Gasteiger partial charge in [-0.1, -0.05) is 32.0 Å². The summed E-state index contributed by atoms with van der Waals surface area (Å²) in [6, 6.07) is 4.51. The topological polar surface area (TPSA) is 280 Å². The van der Waals surface area contributed by atoms with Crippen molar-refractivity contribution in [3.63, 3.8) is 0 Å². The minimum Gasteiger partial charge on any atom is -0.490 e. The number of halogens is 1. The number of amides is 5. The second kappa shape index (κ2) is 23.0. The van der Waals surface area contributed by atoms with Crippen molar-refractivity contribution in [3.05, 3.63) is 59.4 Å². The van der Waals surface area contributed by atoms with E-state index in [4.69, 9.17) is 26.7 Å². The normalized spacial score (nSPS) is 13.0. The fourth-order valence-corrected chi connectivity index (χ4v) is 5.40. The Labute approximate surface area is 319 Å². The van der Waals surface area contributed by atoms with Crippen molar-refractivity contribution in [2.75, 3.05) is 19.8 Å². The van der Waals surface area contributed by atoms with Gasteiger partial charge in [0, 0.05) is 13.0 Å². The lowest BCUT2D eigenvalue weighted by Gasteiger charge is -2.26.